The van der Waals surface area contributed by atoms with E-state index in [1.165, 1.54) is 49.5 Å². The fourth-order valence-electron chi connectivity index (χ4n) is 2.19. The summed E-state index contributed by atoms with van der Waals surface area (Å²) in [5.74, 6) is 0.0687. The maximum Gasteiger partial charge on any atom is 0.318 e. The van der Waals surface area contributed by atoms with Gasteiger partial charge in [0.2, 0.25) is 6.79 Å². The van der Waals surface area contributed by atoms with Gasteiger partial charge >= 0.3 is 6.03 Å². The molecule has 136 valence electrons. The number of fused-ring (bicyclic) bond motifs is 1. The summed E-state index contributed by atoms with van der Waals surface area (Å²) in [6, 6.07) is 9.32. The first-order chi connectivity index (χ1) is 12.4. The SMILES string of the molecule is CNC(=O)Nc1ccc(S(=O)(=O)NC(=O)c2ccc3c(c2)OCO3)cc1. The molecule has 0 aliphatic carbocycles. The van der Waals surface area contributed by atoms with Crippen molar-refractivity contribution in [1.29, 1.82) is 0 Å². The average Bonchev–Trinajstić information content (AvgIpc) is 3.09. The second-order valence-corrected chi connectivity index (χ2v) is 6.91. The van der Waals surface area contributed by atoms with Gasteiger partial charge in [-0.2, -0.15) is 0 Å². The molecule has 0 spiro atoms. The maximum absolute atomic E-state index is 12.4. The lowest BCUT2D eigenvalue weighted by Crippen LogP contribution is -2.30. The lowest BCUT2D eigenvalue weighted by molar-refractivity contribution is 0.0981. The molecule has 0 radical (unpaired) electrons. The molecule has 0 saturated carbocycles. The first-order valence-corrected chi connectivity index (χ1v) is 8.93. The van der Waals surface area contributed by atoms with Crippen LogP contribution in [0.15, 0.2) is 47.4 Å². The van der Waals surface area contributed by atoms with Crippen LogP contribution in [0.1, 0.15) is 10.4 Å². The van der Waals surface area contributed by atoms with E-state index in [1.54, 1.807) is 0 Å². The van der Waals surface area contributed by atoms with Crippen LogP contribution in [0.25, 0.3) is 0 Å². The first kappa shape index (κ1) is 17.5. The van der Waals surface area contributed by atoms with Crippen molar-refractivity contribution in [2.75, 3.05) is 19.2 Å². The molecule has 10 heteroatoms. The van der Waals surface area contributed by atoms with E-state index in [4.69, 9.17) is 9.47 Å². The maximum atomic E-state index is 12.4. The highest BCUT2D eigenvalue weighted by atomic mass is 32.2. The van der Waals surface area contributed by atoms with Crippen LogP contribution in [-0.4, -0.2) is 34.2 Å². The number of sulfonamides is 1. The Labute approximate surface area is 149 Å². The Balaban J connectivity index is 1.74. The van der Waals surface area contributed by atoms with Gasteiger partial charge < -0.3 is 20.1 Å². The number of hydrogen-bond donors (Lipinski definition) is 3. The third kappa shape index (κ3) is 3.70. The average molecular weight is 377 g/mol. The molecule has 2 aromatic carbocycles. The molecule has 1 aliphatic heterocycles. The van der Waals surface area contributed by atoms with Crippen LogP contribution < -0.4 is 24.8 Å². The number of hydrogen-bond acceptors (Lipinski definition) is 6. The van der Waals surface area contributed by atoms with Crippen molar-refractivity contribution in [3.05, 3.63) is 48.0 Å². The van der Waals surface area contributed by atoms with E-state index in [0.29, 0.717) is 17.2 Å². The highest BCUT2D eigenvalue weighted by molar-refractivity contribution is 7.90. The minimum atomic E-state index is -4.07. The number of rotatable bonds is 4. The number of urea groups is 1. The van der Waals surface area contributed by atoms with E-state index in [2.05, 4.69) is 10.6 Å². The zero-order chi connectivity index (χ0) is 18.7. The van der Waals surface area contributed by atoms with Gasteiger partial charge in [-0.3, -0.25) is 4.79 Å². The van der Waals surface area contributed by atoms with E-state index in [9.17, 15) is 18.0 Å². The van der Waals surface area contributed by atoms with Gasteiger partial charge in [-0.1, -0.05) is 0 Å². The number of anilines is 1. The summed E-state index contributed by atoms with van der Waals surface area (Å²) in [5.41, 5.74) is 0.529. The third-order valence-corrected chi connectivity index (χ3v) is 4.86. The van der Waals surface area contributed by atoms with Crippen LogP contribution in [0.3, 0.4) is 0 Å². The lowest BCUT2D eigenvalue weighted by Gasteiger charge is -2.09. The van der Waals surface area contributed by atoms with Crippen LogP contribution in [0, 0.1) is 0 Å². The quantitative estimate of drug-likeness (QED) is 0.738. The molecule has 3 N–H and O–H groups in total. The van der Waals surface area contributed by atoms with Crippen LogP contribution in [0.5, 0.6) is 11.5 Å². The van der Waals surface area contributed by atoms with Gasteiger partial charge in [0.05, 0.1) is 4.90 Å². The molecule has 3 amide bonds. The Hall–Kier alpha value is -3.27. The molecular weight excluding hydrogens is 362 g/mol. The van der Waals surface area contributed by atoms with Gasteiger partial charge in [0.15, 0.2) is 11.5 Å². The standard InChI is InChI=1S/C16H15N3O6S/c1-17-16(21)18-11-3-5-12(6-4-11)26(22,23)19-15(20)10-2-7-13-14(8-10)25-9-24-13/h2-8H,9H2,1H3,(H,19,20)(H2,17,18,21). The molecule has 0 atom stereocenters. The monoisotopic (exact) mass is 377 g/mol. The normalized spacial score (nSPS) is 12.3. The second-order valence-electron chi connectivity index (χ2n) is 5.23. The smallest absolute Gasteiger partial charge is 0.318 e. The number of carbonyl (C=O) groups is 2. The Morgan fingerprint density at radius 2 is 1.69 bits per heavy atom. The predicted molar refractivity (Wildman–Crippen MR) is 91.7 cm³/mol. The third-order valence-electron chi connectivity index (χ3n) is 3.51. The Morgan fingerprint density at radius 3 is 2.38 bits per heavy atom. The molecule has 9 nitrogen and oxygen atoms in total. The van der Waals surface area contributed by atoms with Crippen molar-refractivity contribution >= 4 is 27.6 Å². The number of amides is 3. The summed E-state index contributed by atoms with van der Waals surface area (Å²) in [6.07, 6.45) is 0. The molecule has 0 aromatic heterocycles. The van der Waals surface area contributed by atoms with Crippen LogP contribution in [-0.2, 0) is 10.0 Å². The van der Waals surface area contributed by atoms with Gasteiger partial charge in [0, 0.05) is 18.3 Å². The summed E-state index contributed by atoms with van der Waals surface area (Å²) in [5, 5.41) is 4.88. The highest BCUT2D eigenvalue weighted by Crippen LogP contribution is 2.32. The van der Waals surface area contributed by atoms with Gasteiger partial charge in [-0.05, 0) is 42.5 Å². The largest absolute Gasteiger partial charge is 0.454 e. The van der Waals surface area contributed by atoms with Gasteiger partial charge in [-0.25, -0.2) is 17.9 Å². The molecule has 0 bridgehead atoms. The number of ether oxygens (including phenoxy) is 2. The number of carbonyl (C=O) groups excluding carboxylic acids is 2. The molecule has 26 heavy (non-hydrogen) atoms. The first-order valence-electron chi connectivity index (χ1n) is 7.44. The fourth-order valence-corrected chi connectivity index (χ4v) is 3.16. The Morgan fingerprint density at radius 1 is 1.00 bits per heavy atom. The summed E-state index contributed by atoms with van der Waals surface area (Å²) < 4.78 is 37.0. The fraction of sp³-hybridized carbons (Fsp3) is 0.125. The Kier molecular flexibility index (Phi) is 4.67. The van der Waals surface area contributed by atoms with E-state index >= 15 is 0 Å². The lowest BCUT2D eigenvalue weighted by atomic mass is 10.2. The van der Waals surface area contributed by atoms with Crippen molar-refractivity contribution in [3.63, 3.8) is 0 Å². The molecule has 1 heterocycles. The van der Waals surface area contributed by atoms with Gasteiger partial charge in [0.25, 0.3) is 15.9 Å². The number of benzene rings is 2. The van der Waals surface area contributed by atoms with E-state index < -0.39 is 22.0 Å². The van der Waals surface area contributed by atoms with Crippen LogP contribution in [0.4, 0.5) is 10.5 Å². The molecule has 0 unspecified atom stereocenters. The molecule has 3 rings (SSSR count). The van der Waals surface area contributed by atoms with Gasteiger partial charge in [-0.15, -0.1) is 0 Å². The topological polar surface area (TPSA) is 123 Å². The zero-order valence-corrected chi connectivity index (χ0v) is 14.4. The van der Waals surface area contributed by atoms with E-state index in [-0.39, 0.29) is 17.3 Å². The summed E-state index contributed by atoms with van der Waals surface area (Å²) in [4.78, 5) is 23.3. The molecule has 0 fully saturated rings. The number of nitrogens with one attached hydrogen (secondary N) is 3. The second kappa shape index (κ2) is 6.92. The van der Waals surface area contributed by atoms with Crippen molar-refractivity contribution in [3.8, 4) is 11.5 Å². The van der Waals surface area contributed by atoms with Crippen molar-refractivity contribution in [1.82, 2.24) is 10.0 Å². The van der Waals surface area contributed by atoms with E-state index in [0.717, 1.165) is 0 Å². The summed E-state index contributed by atoms with van der Waals surface area (Å²) in [7, 11) is -2.61. The van der Waals surface area contributed by atoms with Crippen molar-refractivity contribution < 1.29 is 27.5 Å². The minimum Gasteiger partial charge on any atom is -0.454 e. The van der Waals surface area contributed by atoms with E-state index in [1.807, 2.05) is 4.72 Å². The minimum absolute atomic E-state index is 0.0507. The summed E-state index contributed by atoms with van der Waals surface area (Å²) in [6.45, 7) is 0.0507. The van der Waals surface area contributed by atoms with Crippen molar-refractivity contribution in [2.45, 2.75) is 4.90 Å². The predicted octanol–water partition coefficient (Wildman–Crippen LogP) is 1.29. The van der Waals surface area contributed by atoms with Crippen LogP contribution in [0.2, 0.25) is 0 Å². The molecule has 0 saturated heterocycles. The van der Waals surface area contributed by atoms with Crippen LogP contribution >= 0.6 is 0 Å². The highest BCUT2D eigenvalue weighted by Gasteiger charge is 2.21. The molecular formula is C16H15N3O6S. The molecule has 2 aromatic rings. The van der Waals surface area contributed by atoms with Crippen molar-refractivity contribution in [2.24, 2.45) is 0 Å². The zero-order valence-electron chi connectivity index (χ0n) is 13.6. The summed E-state index contributed by atoms with van der Waals surface area (Å²) >= 11 is 0. The van der Waals surface area contributed by atoms with Gasteiger partial charge in [0.1, 0.15) is 0 Å². The molecule has 1 aliphatic rings. The Bertz CT molecular complexity index is 956.